The molecule has 0 N–H and O–H groups in total. The molecule has 0 spiro atoms. The number of hydrogen-bond donors (Lipinski definition) is 0. The fourth-order valence-electron chi connectivity index (χ4n) is 3.12. The summed E-state index contributed by atoms with van der Waals surface area (Å²) in [7, 11) is 0. The zero-order chi connectivity index (χ0) is 16.8. The number of benzene rings is 1. The summed E-state index contributed by atoms with van der Waals surface area (Å²) in [5.74, 6) is 0.268. The summed E-state index contributed by atoms with van der Waals surface area (Å²) in [6.45, 7) is 5.54. The molecule has 3 rings (SSSR count). The lowest BCUT2D eigenvalue weighted by Crippen LogP contribution is -2.48. The predicted octanol–water partition coefficient (Wildman–Crippen LogP) is 2.93. The van der Waals surface area contributed by atoms with E-state index in [9.17, 15) is 4.79 Å². The third-order valence-corrected chi connectivity index (χ3v) is 4.72. The number of piperazine rings is 1. The van der Waals surface area contributed by atoms with Crippen molar-refractivity contribution in [2.75, 3.05) is 31.1 Å². The van der Waals surface area contributed by atoms with Crippen molar-refractivity contribution in [3.8, 4) is 0 Å². The molecule has 4 nitrogen and oxygen atoms in total. The number of carbonyl (C=O) groups excluding carboxylic acids is 1. The van der Waals surface area contributed by atoms with Crippen LogP contribution < -0.4 is 4.90 Å². The minimum Gasteiger partial charge on any atom is -0.368 e. The molecule has 1 amide bonds. The van der Waals surface area contributed by atoms with Gasteiger partial charge < -0.3 is 9.80 Å². The van der Waals surface area contributed by atoms with Crippen LogP contribution in [-0.2, 0) is 17.6 Å². The van der Waals surface area contributed by atoms with Gasteiger partial charge in [0.15, 0.2) is 0 Å². The molecule has 0 aliphatic carbocycles. The number of pyridine rings is 1. The maximum Gasteiger partial charge on any atom is 0.223 e. The summed E-state index contributed by atoms with van der Waals surface area (Å²) in [5.41, 5.74) is 3.78. The summed E-state index contributed by atoms with van der Waals surface area (Å²) in [5, 5.41) is 0. The van der Waals surface area contributed by atoms with Crippen LogP contribution in [0, 0.1) is 0 Å². The van der Waals surface area contributed by atoms with Crippen LogP contribution in [0.3, 0.4) is 0 Å². The topological polar surface area (TPSA) is 36.4 Å². The third kappa shape index (κ3) is 4.13. The zero-order valence-corrected chi connectivity index (χ0v) is 14.3. The lowest BCUT2D eigenvalue weighted by atomic mass is 10.1. The van der Waals surface area contributed by atoms with E-state index in [0.29, 0.717) is 6.42 Å². The highest BCUT2D eigenvalue weighted by atomic mass is 16.2. The molecular weight excluding hydrogens is 298 g/mol. The monoisotopic (exact) mass is 323 g/mol. The predicted molar refractivity (Wildman–Crippen MR) is 97.2 cm³/mol. The molecule has 1 aromatic carbocycles. The first-order chi connectivity index (χ1) is 11.8. The van der Waals surface area contributed by atoms with E-state index in [2.05, 4.69) is 41.1 Å². The Bertz CT molecular complexity index is 646. The maximum absolute atomic E-state index is 12.4. The molecule has 24 heavy (non-hydrogen) atoms. The van der Waals surface area contributed by atoms with Gasteiger partial charge in [-0.1, -0.05) is 31.2 Å². The van der Waals surface area contributed by atoms with E-state index in [4.69, 9.17) is 0 Å². The molecule has 2 heterocycles. The lowest BCUT2D eigenvalue weighted by molar-refractivity contribution is -0.131. The largest absolute Gasteiger partial charge is 0.368 e. The van der Waals surface area contributed by atoms with Gasteiger partial charge in [-0.3, -0.25) is 9.78 Å². The van der Waals surface area contributed by atoms with Crippen molar-refractivity contribution in [1.29, 1.82) is 0 Å². The van der Waals surface area contributed by atoms with Crippen LogP contribution in [0.5, 0.6) is 0 Å². The second kappa shape index (κ2) is 7.95. The number of aryl methyl sites for hydroxylation is 2. The molecule has 0 saturated carbocycles. The fraction of sp³-hybridized carbons (Fsp3) is 0.400. The molecule has 1 aromatic heterocycles. The summed E-state index contributed by atoms with van der Waals surface area (Å²) < 4.78 is 0. The van der Waals surface area contributed by atoms with Crippen LogP contribution in [0.25, 0.3) is 0 Å². The molecule has 1 fully saturated rings. The minimum absolute atomic E-state index is 0.268. The summed E-state index contributed by atoms with van der Waals surface area (Å²) in [4.78, 5) is 20.8. The standard InChI is InChI=1S/C20H25N3O/c1-2-17-3-5-18(6-4-17)7-8-20(24)23-15-13-22(14-16-23)19-9-11-21-12-10-19/h3-6,9-12H,2,7-8,13-16H2,1H3. The second-order valence-corrected chi connectivity index (χ2v) is 6.24. The van der Waals surface area contributed by atoms with Gasteiger partial charge in [0.05, 0.1) is 0 Å². The normalized spacial score (nSPS) is 14.7. The van der Waals surface area contributed by atoms with Crippen molar-refractivity contribution in [2.24, 2.45) is 0 Å². The van der Waals surface area contributed by atoms with Crippen LogP contribution in [0.15, 0.2) is 48.8 Å². The number of aromatic nitrogens is 1. The SMILES string of the molecule is CCc1ccc(CCC(=O)N2CCN(c3ccncc3)CC2)cc1. The van der Waals surface area contributed by atoms with Crippen molar-refractivity contribution < 1.29 is 4.79 Å². The maximum atomic E-state index is 12.4. The van der Waals surface area contributed by atoms with Crippen molar-refractivity contribution in [2.45, 2.75) is 26.2 Å². The van der Waals surface area contributed by atoms with E-state index >= 15 is 0 Å². The van der Waals surface area contributed by atoms with E-state index in [1.54, 1.807) is 0 Å². The Balaban J connectivity index is 1.46. The Kier molecular flexibility index (Phi) is 5.47. The average Bonchev–Trinajstić information content (AvgIpc) is 2.67. The van der Waals surface area contributed by atoms with Gasteiger partial charge in [0.25, 0.3) is 0 Å². The first-order valence-electron chi connectivity index (χ1n) is 8.77. The van der Waals surface area contributed by atoms with Gasteiger partial charge in [-0.15, -0.1) is 0 Å². The van der Waals surface area contributed by atoms with Crippen molar-refractivity contribution in [3.63, 3.8) is 0 Å². The molecule has 126 valence electrons. The fourth-order valence-corrected chi connectivity index (χ4v) is 3.12. The van der Waals surface area contributed by atoms with Crippen LogP contribution in [0.1, 0.15) is 24.5 Å². The third-order valence-electron chi connectivity index (χ3n) is 4.72. The highest BCUT2D eigenvalue weighted by molar-refractivity contribution is 5.76. The molecule has 0 unspecified atom stereocenters. The van der Waals surface area contributed by atoms with Gasteiger partial charge in [-0.25, -0.2) is 0 Å². The molecule has 1 aliphatic rings. The summed E-state index contributed by atoms with van der Waals surface area (Å²) >= 11 is 0. The Labute approximate surface area is 144 Å². The molecule has 4 heteroatoms. The molecule has 1 aliphatic heterocycles. The Morgan fingerprint density at radius 3 is 2.21 bits per heavy atom. The van der Waals surface area contributed by atoms with E-state index in [1.165, 1.54) is 16.8 Å². The number of hydrogen-bond acceptors (Lipinski definition) is 3. The first kappa shape index (κ1) is 16.5. The lowest BCUT2D eigenvalue weighted by Gasteiger charge is -2.36. The molecule has 0 atom stereocenters. The quantitative estimate of drug-likeness (QED) is 0.849. The van der Waals surface area contributed by atoms with Gasteiger partial charge in [-0.05, 0) is 36.1 Å². The summed E-state index contributed by atoms with van der Waals surface area (Å²) in [6.07, 6.45) is 6.11. The Morgan fingerprint density at radius 1 is 0.958 bits per heavy atom. The van der Waals surface area contributed by atoms with Crippen LogP contribution >= 0.6 is 0 Å². The van der Waals surface area contributed by atoms with E-state index in [0.717, 1.165) is 39.0 Å². The number of rotatable bonds is 5. The Hall–Kier alpha value is -2.36. The van der Waals surface area contributed by atoms with Crippen molar-refractivity contribution in [3.05, 3.63) is 59.9 Å². The average molecular weight is 323 g/mol. The summed E-state index contributed by atoms with van der Waals surface area (Å²) in [6, 6.07) is 12.7. The minimum atomic E-state index is 0.268. The Morgan fingerprint density at radius 2 is 1.58 bits per heavy atom. The van der Waals surface area contributed by atoms with Crippen LogP contribution in [0.2, 0.25) is 0 Å². The van der Waals surface area contributed by atoms with E-state index in [-0.39, 0.29) is 5.91 Å². The van der Waals surface area contributed by atoms with Crippen LogP contribution in [-0.4, -0.2) is 42.0 Å². The molecule has 2 aromatic rings. The smallest absolute Gasteiger partial charge is 0.223 e. The second-order valence-electron chi connectivity index (χ2n) is 6.24. The van der Waals surface area contributed by atoms with E-state index in [1.807, 2.05) is 29.4 Å². The number of carbonyl (C=O) groups is 1. The highest BCUT2D eigenvalue weighted by Gasteiger charge is 2.20. The van der Waals surface area contributed by atoms with Gasteiger partial charge in [-0.2, -0.15) is 0 Å². The highest BCUT2D eigenvalue weighted by Crippen LogP contribution is 2.15. The number of amides is 1. The number of anilines is 1. The van der Waals surface area contributed by atoms with Crippen LogP contribution in [0.4, 0.5) is 5.69 Å². The van der Waals surface area contributed by atoms with Gasteiger partial charge in [0.1, 0.15) is 0 Å². The van der Waals surface area contributed by atoms with Crippen molar-refractivity contribution in [1.82, 2.24) is 9.88 Å². The zero-order valence-electron chi connectivity index (χ0n) is 14.3. The molecule has 0 bridgehead atoms. The van der Waals surface area contributed by atoms with E-state index < -0.39 is 0 Å². The molecule has 0 radical (unpaired) electrons. The molecule has 1 saturated heterocycles. The van der Waals surface area contributed by atoms with Crippen molar-refractivity contribution >= 4 is 11.6 Å². The number of nitrogens with zero attached hydrogens (tertiary/aromatic N) is 3. The molecular formula is C20H25N3O. The van der Waals surface area contributed by atoms with Gasteiger partial charge in [0, 0.05) is 50.7 Å². The van der Waals surface area contributed by atoms with Gasteiger partial charge in [0.2, 0.25) is 5.91 Å². The first-order valence-corrected chi connectivity index (χ1v) is 8.77. The van der Waals surface area contributed by atoms with Gasteiger partial charge >= 0.3 is 0 Å².